The fourth-order valence-electron chi connectivity index (χ4n) is 5.45. The number of ether oxygens (including phenoxy) is 1. The zero-order valence-electron chi connectivity index (χ0n) is 21.7. The molecule has 4 atom stereocenters. The summed E-state index contributed by atoms with van der Waals surface area (Å²) in [6, 6.07) is 5.17. The number of ketones is 1. The van der Waals surface area contributed by atoms with Gasteiger partial charge in [-0.3, -0.25) is 24.1 Å². The number of thiazole rings is 1. The Morgan fingerprint density at radius 1 is 1.22 bits per heavy atom. The van der Waals surface area contributed by atoms with Gasteiger partial charge in [0, 0.05) is 42.2 Å². The normalized spacial score (nSPS) is 20.6. The Labute approximate surface area is 235 Å². The number of carbonyl (C=O) groups is 3. The van der Waals surface area contributed by atoms with Crippen LogP contribution in [-0.2, 0) is 20.9 Å². The predicted octanol–water partition coefficient (Wildman–Crippen LogP) is 2.64. The van der Waals surface area contributed by atoms with Gasteiger partial charge in [0.15, 0.2) is 0 Å². The molecule has 1 fully saturated rings. The van der Waals surface area contributed by atoms with Gasteiger partial charge < -0.3 is 14.7 Å². The van der Waals surface area contributed by atoms with Crippen LogP contribution in [0, 0.1) is 22.0 Å². The number of hydrogen-bond acceptors (Lipinski definition) is 11. The van der Waals surface area contributed by atoms with Gasteiger partial charge in [-0.1, -0.05) is 6.92 Å². The van der Waals surface area contributed by atoms with Gasteiger partial charge in [0.05, 0.1) is 33.4 Å². The van der Waals surface area contributed by atoms with Gasteiger partial charge in [0.1, 0.15) is 35.5 Å². The lowest BCUT2D eigenvalue weighted by atomic mass is 9.77. The lowest BCUT2D eigenvalue weighted by Crippen LogP contribution is -2.63. The molecule has 1 amide bonds. The lowest BCUT2D eigenvalue weighted by Gasteiger charge is -2.46. The Bertz CT molecular complexity index is 1740. The second-order valence-electron chi connectivity index (χ2n) is 9.87. The number of aromatic nitrogens is 4. The minimum atomic E-state index is -0.913. The molecule has 1 aromatic carbocycles. The third kappa shape index (κ3) is 4.28. The van der Waals surface area contributed by atoms with Crippen molar-refractivity contribution in [3.8, 4) is 0 Å². The van der Waals surface area contributed by atoms with E-state index in [0.29, 0.717) is 20.8 Å². The summed E-state index contributed by atoms with van der Waals surface area (Å²) in [4.78, 5) is 64.8. The van der Waals surface area contributed by atoms with Crippen molar-refractivity contribution in [1.82, 2.24) is 24.3 Å². The minimum absolute atomic E-state index is 0.0770. The first-order chi connectivity index (χ1) is 19.7. The maximum Gasteiger partial charge on any atom is 0.355 e. The van der Waals surface area contributed by atoms with E-state index in [1.165, 1.54) is 65.6 Å². The van der Waals surface area contributed by atoms with Crippen LogP contribution in [0.4, 0.5) is 5.69 Å². The van der Waals surface area contributed by atoms with Crippen molar-refractivity contribution in [3.63, 3.8) is 0 Å². The summed E-state index contributed by atoms with van der Waals surface area (Å²) in [6.07, 6.45) is 6.46. The van der Waals surface area contributed by atoms with Crippen LogP contribution in [0.3, 0.4) is 0 Å². The highest BCUT2D eigenvalue weighted by Gasteiger charge is 2.60. The number of esters is 1. The number of nitro benzene ring substituents is 1. The van der Waals surface area contributed by atoms with Crippen molar-refractivity contribution in [3.05, 3.63) is 93.0 Å². The highest BCUT2D eigenvalue weighted by Crippen LogP contribution is 2.52. The Balaban J connectivity index is 1.36. The number of amides is 1. The molecule has 2 aliphatic heterocycles. The molecule has 13 nitrogen and oxygen atoms in total. The highest BCUT2D eigenvalue weighted by molar-refractivity contribution is 7.18. The van der Waals surface area contributed by atoms with Gasteiger partial charge in [-0.2, -0.15) is 0 Å². The van der Waals surface area contributed by atoms with Crippen LogP contribution in [0.25, 0.3) is 10.4 Å². The van der Waals surface area contributed by atoms with Crippen LogP contribution in [0.15, 0.2) is 61.2 Å². The van der Waals surface area contributed by atoms with Gasteiger partial charge >= 0.3 is 5.97 Å². The fourth-order valence-corrected chi connectivity index (χ4v) is 6.66. The summed E-state index contributed by atoms with van der Waals surface area (Å²) in [5.74, 6) is -2.47. The van der Waals surface area contributed by atoms with Crippen LogP contribution < -0.4 is 0 Å². The number of aliphatic hydroxyl groups excluding tert-OH is 1. The van der Waals surface area contributed by atoms with Crippen LogP contribution in [0.5, 0.6) is 0 Å². The van der Waals surface area contributed by atoms with Crippen molar-refractivity contribution in [1.29, 1.82) is 0 Å². The van der Waals surface area contributed by atoms with Crippen LogP contribution in [-0.4, -0.2) is 64.1 Å². The van der Waals surface area contributed by atoms with E-state index in [1.54, 1.807) is 17.5 Å². The van der Waals surface area contributed by atoms with Crippen LogP contribution in [0.2, 0.25) is 0 Å². The molecule has 4 aromatic rings. The van der Waals surface area contributed by atoms with Gasteiger partial charge in [-0.25, -0.2) is 19.7 Å². The van der Waals surface area contributed by atoms with Gasteiger partial charge in [-0.05, 0) is 24.6 Å². The summed E-state index contributed by atoms with van der Waals surface area (Å²) < 4.78 is 7.26. The van der Waals surface area contributed by atoms with E-state index in [1.807, 2.05) is 6.92 Å². The molecule has 2 aliphatic rings. The Hall–Kier alpha value is -4.82. The number of carbonyl (C=O) groups excluding carboxylic acids is 3. The Kier molecular flexibility index (Phi) is 6.43. The number of non-ortho nitro benzene ring substituents is 1. The van der Waals surface area contributed by atoms with Gasteiger partial charge in [-0.15, -0.1) is 11.3 Å². The average molecular weight is 575 g/mol. The molecule has 0 aliphatic carbocycles. The van der Waals surface area contributed by atoms with E-state index in [-0.39, 0.29) is 46.9 Å². The number of β-lactam (4-membered cyclic amide) rings is 1. The molecular formula is C27H22N6O7S. The summed E-state index contributed by atoms with van der Waals surface area (Å²) in [6.45, 7) is 3.26. The quantitative estimate of drug-likeness (QED) is 0.108. The van der Waals surface area contributed by atoms with E-state index in [2.05, 4.69) is 15.0 Å². The van der Waals surface area contributed by atoms with Crippen molar-refractivity contribution in [2.45, 2.75) is 32.6 Å². The van der Waals surface area contributed by atoms with E-state index in [4.69, 9.17) is 4.74 Å². The molecule has 0 saturated carbocycles. The maximum absolute atomic E-state index is 13.5. The van der Waals surface area contributed by atoms with Crippen LogP contribution in [0.1, 0.15) is 40.3 Å². The second kappa shape index (κ2) is 9.98. The zero-order valence-corrected chi connectivity index (χ0v) is 22.5. The third-order valence-corrected chi connectivity index (χ3v) is 8.54. The SMILES string of the molecule is C[C@@H](O)[C@H]1C(=O)N2C(C(=O)OCc3ccc([N+](=O)[O-])cc3)=C(c3cn4cnc(C(=O)c5cncnc5)c4s3)[C@H](C)[C@H]12. The first kappa shape index (κ1) is 26.4. The molecular weight excluding hydrogens is 552 g/mol. The summed E-state index contributed by atoms with van der Waals surface area (Å²) >= 11 is 1.25. The summed E-state index contributed by atoms with van der Waals surface area (Å²) in [5.41, 5.74) is 1.57. The number of fused-ring (bicyclic) bond motifs is 2. The molecule has 208 valence electrons. The molecule has 0 bridgehead atoms. The van der Waals surface area contributed by atoms with E-state index >= 15 is 0 Å². The fraction of sp³-hybridized carbons (Fsp3) is 0.259. The number of benzene rings is 1. The number of nitro groups is 1. The molecule has 1 saturated heterocycles. The maximum atomic E-state index is 13.5. The number of rotatable bonds is 8. The monoisotopic (exact) mass is 574 g/mol. The first-order valence-corrected chi connectivity index (χ1v) is 13.4. The lowest BCUT2D eigenvalue weighted by molar-refractivity contribution is -0.384. The van der Waals surface area contributed by atoms with E-state index < -0.39 is 29.0 Å². The smallest absolute Gasteiger partial charge is 0.355 e. The molecule has 14 heteroatoms. The predicted molar refractivity (Wildman–Crippen MR) is 143 cm³/mol. The standard InChI is InChI=1S/C27H22N6O7S/c1-13-19(18-9-31-12-30-21(26(31)41-18)24(35)16-7-28-11-29-8-16)23(32-22(13)20(14(2)34)25(32)36)27(37)40-10-15-3-5-17(6-4-15)33(38)39/h3-9,11-14,20,22,34H,10H2,1-2H3/t13-,14+,20+,22+/m0/s1. The van der Waals surface area contributed by atoms with E-state index in [0.717, 1.165) is 0 Å². The topological polar surface area (TPSA) is 170 Å². The van der Waals surface area contributed by atoms with Gasteiger partial charge in [0.2, 0.25) is 11.7 Å². The molecule has 0 unspecified atom stereocenters. The Morgan fingerprint density at radius 3 is 2.59 bits per heavy atom. The molecule has 0 spiro atoms. The van der Waals surface area contributed by atoms with Crippen molar-refractivity contribution >= 4 is 45.1 Å². The largest absolute Gasteiger partial charge is 0.456 e. The number of hydrogen-bond donors (Lipinski definition) is 1. The summed E-state index contributed by atoms with van der Waals surface area (Å²) in [7, 11) is 0. The van der Waals surface area contributed by atoms with Crippen molar-refractivity contribution in [2.24, 2.45) is 11.8 Å². The van der Waals surface area contributed by atoms with Crippen molar-refractivity contribution in [2.75, 3.05) is 0 Å². The highest BCUT2D eigenvalue weighted by atomic mass is 32.1. The number of imidazole rings is 1. The summed E-state index contributed by atoms with van der Waals surface area (Å²) in [5, 5.41) is 21.2. The molecule has 5 heterocycles. The van der Waals surface area contributed by atoms with Crippen molar-refractivity contribution < 1.29 is 29.2 Å². The molecule has 6 rings (SSSR count). The number of aliphatic hydroxyl groups is 1. The Morgan fingerprint density at radius 2 is 1.93 bits per heavy atom. The molecule has 0 radical (unpaired) electrons. The molecule has 41 heavy (non-hydrogen) atoms. The average Bonchev–Trinajstić information content (AvgIpc) is 3.61. The third-order valence-electron chi connectivity index (χ3n) is 7.40. The van der Waals surface area contributed by atoms with E-state index in [9.17, 15) is 29.6 Å². The van der Waals surface area contributed by atoms with Crippen LogP contribution >= 0.6 is 11.3 Å². The second-order valence-corrected chi connectivity index (χ2v) is 10.9. The minimum Gasteiger partial charge on any atom is -0.456 e. The number of nitrogens with zero attached hydrogens (tertiary/aromatic N) is 6. The first-order valence-electron chi connectivity index (χ1n) is 12.6. The molecule has 1 N–H and O–H groups in total. The van der Waals surface area contributed by atoms with Gasteiger partial charge in [0.25, 0.3) is 5.69 Å². The zero-order chi connectivity index (χ0) is 29.0. The molecule has 3 aromatic heterocycles.